The zero-order valence-electron chi connectivity index (χ0n) is 16.2. The van der Waals surface area contributed by atoms with Gasteiger partial charge in [-0.15, -0.1) is 0 Å². The highest BCUT2D eigenvalue weighted by Crippen LogP contribution is 2.33. The lowest BCUT2D eigenvalue weighted by atomic mass is 10.0. The number of hydrogen-bond donors (Lipinski definition) is 0. The van der Waals surface area contributed by atoms with Crippen LogP contribution < -0.4 is 0 Å². The minimum absolute atomic E-state index is 0.140. The molecule has 0 saturated carbocycles. The fourth-order valence-corrected chi connectivity index (χ4v) is 3.50. The number of nitrogens with zero attached hydrogens (tertiary/aromatic N) is 4. The molecule has 1 atom stereocenters. The molecule has 27 heavy (non-hydrogen) atoms. The van der Waals surface area contributed by atoms with Crippen LogP contribution in [0.15, 0.2) is 24.4 Å². The summed E-state index contributed by atoms with van der Waals surface area (Å²) in [5.74, 6) is 0.279. The SMILES string of the molecule is COC[C@H](C)n1cc(C)c2nc(-c3ccc(C(C)C)nc3Cl)c(C#N)cc21. The van der Waals surface area contributed by atoms with Crippen molar-refractivity contribution >= 4 is 22.6 Å². The van der Waals surface area contributed by atoms with E-state index in [1.54, 1.807) is 7.11 Å². The smallest absolute Gasteiger partial charge is 0.138 e. The number of fused-ring (bicyclic) bond motifs is 1. The quantitative estimate of drug-likeness (QED) is 0.564. The van der Waals surface area contributed by atoms with E-state index in [9.17, 15) is 5.26 Å². The van der Waals surface area contributed by atoms with Gasteiger partial charge in [-0.25, -0.2) is 9.97 Å². The zero-order chi connectivity index (χ0) is 19.7. The molecule has 3 aromatic heterocycles. The Morgan fingerprint density at radius 2 is 2.00 bits per heavy atom. The highest BCUT2D eigenvalue weighted by atomic mass is 35.5. The van der Waals surface area contributed by atoms with Crippen LogP contribution in [0, 0.1) is 18.3 Å². The molecule has 0 N–H and O–H groups in total. The minimum Gasteiger partial charge on any atom is -0.383 e. The van der Waals surface area contributed by atoms with Gasteiger partial charge >= 0.3 is 0 Å². The van der Waals surface area contributed by atoms with Gasteiger partial charge in [0.15, 0.2) is 0 Å². The molecule has 3 aromatic rings. The van der Waals surface area contributed by atoms with Gasteiger partial charge in [-0.05, 0) is 43.5 Å². The summed E-state index contributed by atoms with van der Waals surface area (Å²) in [7, 11) is 1.68. The van der Waals surface area contributed by atoms with Gasteiger partial charge in [0, 0.05) is 24.6 Å². The van der Waals surface area contributed by atoms with Crippen LogP contribution in [0.2, 0.25) is 5.15 Å². The topological polar surface area (TPSA) is 63.7 Å². The average molecular weight is 383 g/mol. The maximum Gasteiger partial charge on any atom is 0.138 e. The predicted molar refractivity (Wildman–Crippen MR) is 108 cm³/mol. The van der Waals surface area contributed by atoms with Crippen LogP contribution in [0.5, 0.6) is 0 Å². The van der Waals surface area contributed by atoms with Gasteiger partial charge in [-0.1, -0.05) is 25.4 Å². The van der Waals surface area contributed by atoms with Crippen LogP contribution in [0.25, 0.3) is 22.3 Å². The van der Waals surface area contributed by atoms with E-state index in [4.69, 9.17) is 21.3 Å². The summed E-state index contributed by atoms with van der Waals surface area (Å²) in [5, 5.41) is 10.1. The summed E-state index contributed by atoms with van der Waals surface area (Å²) in [6.45, 7) is 8.81. The second-order valence-electron chi connectivity index (χ2n) is 7.12. The van der Waals surface area contributed by atoms with Gasteiger partial charge in [0.1, 0.15) is 11.2 Å². The number of methoxy groups -OCH3 is 1. The third-order valence-electron chi connectivity index (χ3n) is 4.71. The fraction of sp³-hybridized carbons (Fsp3) is 0.381. The molecule has 0 amide bonds. The molecule has 0 aliphatic carbocycles. The van der Waals surface area contributed by atoms with Crippen molar-refractivity contribution in [1.29, 1.82) is 5.26 Å². The van der Waals surface area contributed by atoms with Gasteiger partial charge in [0.05, 0.1) is 34.9 Å². The Morgan fingerprint density at radius 1 is 1.26 bits per heavy atom. The Balaban J connectivity index is 2.21. The third kappa shape index (κ3) is 3.55. The van der Waals surface area contributed by atoms with E-state index >= 15 is 0 Å². The number of aryl methyl sites for hydroxylation is 1. The van der Waals surface area contributed by atoms with Crippen LogP contribution >= 0.6 is 11.6 Å². The van der Waals surface area contributed by atoms with E-state index in [0.29, 0.717) is 28.6 Å². The van der Waals surface area contributed by atoms with E-state index in [2.05, 4.69) is 36.4 Å². The van der Waals surface area contributed by atoms with Gasteiger partial charge in [0.25, 0.3) is 0 Å². The van der Waals surface area contributed by atoms with Crippen LogP contribution in [-0.2, 0) is 4.74 Å². The molecule has 0 aliphatic heterocycles. The van der Waals surface area contributed by atoms with Crippen molar-refractivity contribution in [3.8, 4) is 17.3 Å². The maximum absolute atomic E-state index is 9.73. The Bertz CT molecular complexity index is 1030. The number of rotatable bonds is 5. The monoisotopic (exact) mass is 382 g/mol. The van der Waals surface area contributed by atoms with Crippen LogP contribution in [0.3, 0.4) is 0 Å². The molecule has 3 heterocycles. The molecule has 0 aromatic carbocycles. The summed E-state index contributed by atoms with van der Waals surface area (Å²) < 4.78 is 7.38. The molecule has 0 fully saturated rings. The summed E-state index contributed by atoms with van der Waals surface area (Å²) in [6, 6.07) is 8.13. The lowest BCUT2D eigenvalue weighted by molar-refractivity contribution is 0.164. The first kappa shape index (κ1) is 19.3. The predicted octanol–water partition coefficient (Wildman–Crippen LogP) is 5.26. The van der Waals surface area contributed by atoms with Crippen molar-refractivity contribution < 1.29 is 4.74 Å². The molecule has 140 valence electrons. The number of halogens is 1. The van der Waals surface area contributed by atoms with Crippen molar-refractivity contribution in [2.75, 3.05) is 13.7 Å². The van der Waals surface area contributed by atoms with Crippen molar-refractivity contribution in [3.63, 3.8) is 0 Å². The minimum atomic E-state index is 0.140. The Morgan fingerprint density at radius 3 is 2.59 bits per heavy atom. The normalized spacial score (nSPS) is 12.5. The first-order chi connectivity index (χ1) is 12.9. The Kier molecular flexibility index (Phi) is 5.50. The highest BCUT2D eigenvalue weighted by molar-refractivity contribution is 6.32. The average Bonchev–Trinajstić information content (AvgIpc) is 2.96. The van der Waals surface area contributed by atoms with Crippen molar-refractivity contribution in [3.05, 3.63) is 46.4 Å². The fourth-order valence-electron chi connectivity index (χ4n) is 3.25. The third-order valence-corrected chi connectivity index (χ3v) is 5.00. The van der Waals surface area contributed by atoms with E-state index < -0.39 is 0 Å². The highest BCUT2D eigenvalue weighted by Gasteiger charge is 2.19. The second-order valence-corrected chi connectivity index (χ2v) is 7.48. The molecule has 0 saturated heterocycles. The van der Waals surface area contributed by atoms with E-state index in [-0.39, 0.29) is 12.0 Å². The summed E-state index contributed by atoms with van der Waals surface area (Å²) in [4.78, 5) is 9.28. The number of ether oxygens (including phenoxy) is 1. The van der Waals surface area contributed by atoms with Gasteiger partial charge in [0.2, 0.25) is 0 Å². The van der Waals surface area contributed by atoms with Crippen molar-refractivity contribution in [1.82, 2.24) is 14.5 Å². The van der Waals surface area contributed by atoms with E-state index in [1.165, 1.54) is 0 Å². The Hall–Kier alpha value is -2.42. The molecule has 5 nitrogen and oxygen atoms in total. The molecular weight excluding hydrogens is 360 g/mol. The largest absolute Gasteiger partial charge is 0.383 e. The molecule has 6 heteroatoms. The molecule has 0 bridgehead atoms. The maximum atomic E-state index is 9.73. The molecule has 0 aliphatic rings. The lowest BCUT2D eigenvalue weighted by Gasteiger charge is -2.15. The van der Waals surface area contributed by atoms with Crippen LogP contribution in [-0.4, -0.2) is 28.3 Å². The van der Waals surface area contributed by atoms with Crippen molar-refractivity contribution in [2.45, 2.75) is 39.7 Å². The van der Waals surface area contributed by atoms with Crippen LogP contribution in [0.1, 0.15) is 49.6 Å². The number of hydrogen-bond acceptors (Lipinski definition) is 4. The van der Waals surface area contributed by atoms with Gasteiger partial charge < -0.3 is 9.30 Å². The molecule has 3 rings (SSSR count). The molecule has 0 radical (unpaired) electrons. The van der Waals surface area contributed by atoms with Crippen LogP contribution in [0.4, 0.5) is 0 Å². The zero-order valence-corrected chi connectivity index (χ0v) is 17.0. The van der Waals surface area contributed by atoms with Crippen molar-refractivity contribution in [2.24, 2.45) is 0 Å². The summed E-state index contributed by atoms with van der Waals surface area (Å²) >= 11 is 6.44. The number of nitriles is 1. The molecular formula is C21H23ClN4O. The summed E-state index contributed by atoms with van der Waals surface area (Å²) in [6.07, 6.45) is 2.05. The standard InChI is InChI=1S/C21H23ClN4O/c1-12(2)17-7-6-16(21(22)24-17)20-15(9-23)8-18-19(25-20)13(3)10-26(18)14(4)11-27-5/h6-8,10,12,14H,11H2,1-5H3/t14-/m0/s1. The second kappa shape index (κ2) is 7.67. The number of pyridine rings is 2. The summed E-state index contributed by atoms with van der Waals surface area (Å²) in [5.41, 5.74) is 5.46. The van der Waals surface area contributed by atoms with Gasteiger partial charge in [-0.2, -0.15) is 5.26 Å². The number of aromatic nitrogens is 3. The first-order valence-electron chi connectivity index (χ1n) is 8.95. The van der Waals surface area contributed by atoms with Gasteiger partial charge in [-0.3, -0.25) is 0 Å². The molecule has 0 spiro atoms. The Labute approximate surface area is 164 Å². The van der Waals surface area contributed by atoms with E-state index in [0.717, 1.165) is 22.3 Å². The lowest BCUT2D eigenvalue weighted by Crippen LogP contribution is -2.10. The van der Waals surface area contributed by atoms with E-state index in [1.807, 2.05) is 31.3 Å². The molecule has 0 unspecified atom stereocenters. The first-order valence-corrected chi connectivity index (χ1v) is 9.33.